The Balaban J connectivity index is 1.81. The monoisotopic (exact) mass is 388 g/mol. The average Bonchev–Trinajstić information content (AvgIpc) is 3.17. The van der Waals surface area contributed by atoms with E-state index >= 15 is 0 Å². The summed E-state index contributed by atoms with van der Waals surface area (Å²) < 4.78 is 1.66. The van der Waals surface area contributed by atoms with Crippen LogP contribution < -0.4 is 5.32 Å². The molecule has 0 aliphatic rings. The smallest absolute Gasteiger partial charge is 0.295 e. The summed E-state index contributed by atoms with van der Waals surface area (Å²) in [6, 6.07) is 24.4. The van der Waals surface area contributed by atoms with Gasteiger partial charge in [0.1, 0.15) is 0 Å². The van der Waals surface area contributed by atoms with Crippen molar-refractivity contribution < 1.29 is 4.79 Å². The molecule has 6 heteroatoms. The van der Waals surface area contributed by atoms with E-state index in [0.29, 0.717) is 16.5 Å². The molecule has 0 saturated heterocycles. The van der Waals surface area contributed by atoms with Crippen LogP contribution in [0.25, 0.3) is 17.1 Å². The van der Waals surface area contributed by atoms with Gasteiger partial charge < -0.3 is 5.32 Å². The zero-order chi connectivity index (χ0) is 19.5. The number of rotatable bonds is 4. The minimum Gasteiger partial charge on any atom is -0.319 e. The van der Waals surface area contributed by atoms with Gasteiger partial charge in [0.2, 0.25) is 5.82 Å². The summed E-state index contributed by atoms with van der Waals surface area (Å²) in [4.78, 5) is 17.2. The SMILES string of the molecule is Cc1ccc(Cl)cc1-n1nc(C(=O)Nc2ccccc2)nc1-c1ccccc1. The second-order valence-electron chi connectivity index (χ2n) is 6.29. The lowest BCUT2D eigenvalue weighted by molar-refractivity contribution is 0.101. The molecule has 3 aromatic carbocycles. The van der Waals surface area contributed by atoms with Gasteiger partial charge in [-0.2, -0.15) is 0 Å². The number of hydrogen-bond acceptors (Lipinski definition) is 3. The van der Waals surface area contributed by atoms with Crippen molar-refractivity contribution in [2.75, 3.05) is 5.32 Å². The Kier molecular flexibility index (Phi) is 4.91. The second-order valence-corrected chi connectivity index (χ2v) is 6.72. The fourth-order valence-corrected chi connectivity index (χ4v) is 3.04. The van der Waals surface area contributed by atoms with Gasteiger partial charge in [0.25, 0.3) is 5.91 Å². The van der Waals surface area contributed by atoms with Gasteiger partial charge in [-0.05, 0) is 36.8 Å². The Morgan fingerprint density at radius 2 is 1.64 bits per heavy atom. The molecule has 0 fully saturated rings. The van der Waals surface area contributed by atoms with E-state index in [1.54, 1.807) is 4.68 Å². The first-order valence-corrected chi connectivity index (χ1v) is 9.15. The maximum atomic E-state index is 12.7. The van der Waals surface area contributed by atoms with E-state index < -0.39 is 0 Å². The van der Waals surface area contributed by atoms with Crippen molar-refractivity contribution in [2.24, 2.45) is 0 Å². The Hall–Kier alpha value is -3.44. The summed E-state index contributed by atoms with van der Waals surface area (Å²) in [6.45, 7) is 1.96. The molecule has 5 nitrogen and oxygen atoms in total. The normalized spacial score (nSPS) is 10.6. The first kappa shape index (κ1) is 17.9. The summed E-state index contributed by atoms with van der Waals surface area (Å²) in [5.41, 5.74) is 3.29. The lowest BCUT2D eigenvalue weighted by Gasteiger charge is -2.09. The van der Waals surface area contributed by atoms with E-state index in [4.69, 9.17) is 11.6 Å². The molecule has 0 radical (unpaired) electrons. The molecule has 1 heterocycles. The van der Waals surface area contributed by atoms with E-state index in [0.717, 1.165) is 16.8 Å². The molecule has 1 N–H and O–H groups in total. The number of aromatic nitrogens is 3. The van der Waals surface area contributed by atoms with Gasteiger partial charge in [-0.15, -0.1) is 5.10 Å². The number of anilines is 1. The third-order valence-electron chi connectivity index (χ3n) is 4.27. The van der Waals surface area contributed by atoms with Gasteiger partial charge in [0, 0.05) is 16.3 Å². The number of aryl methyl sites for hydroxylation is 1. The minimum atomic E-state index is -0.373. The topological polar surface area (TPSA) is 59.8 Å². The number of nitrogens with one attached hydrogen (secondary N) is 1. The van der Waals surface area contributed by atoms with Crippen LogP contribution in [-0.2, 0) is 0 Å². The van der Waals surface area contributed by atoms with Crippen molar-refractivity contribution in [1.29, 1.82) is 0 Å². The van der Waals surface area contributed by atoms with Gasteiger partial charge in [-0.3, -0.25) is 4.79 Å². The van der Waals surface area contributed by atoms with Crippen molar-refractivity contribution in [3.63, 3.8) is 0 Å². The van der Waals surface area contributed by atoms with Crippen LogP contribution in [0, 0.1) is 6.92 Å². The van der Waals surface area contributed by atoms with E-state index in [-0.39, 0.29) is 11.7 Å². The summed E-state index contributed by atoms with van der Waals surface area (Å²) in [5.74, 6) is 0.285. The number of para-hydroxylation sites is 1. The molecule has 28 heavy (non-hydrogen) atoms. The quantitative estimate of drug-likeness (QED) is 0.526. The van der Waals surface area contributed by atoms with Crippen molar-refractivity contribution >= 4 is 23.2 Å². The maximum Gasteiger partial charge on any atom is 0.295 e. The maximum absolute atomic E-state index is 12.7. The summed E-state index contributed by atoms with van der Waals surface area (Å²) in [6.07, 6.45) is 0. The third kappa shape index (κ3) is 3.66. The first-order valence-electron chi connectivity index (χ1n) is 8.77. The van der Waals surface area contributed by atoms with E-state index in [9.17, 15) is 4.79 Å². The zero-order valence-electron chi connectivity index (χ0n) is 15.1. The van der Waals surface area contributed by atoms with Gasteiger partial charge in [0.15, 0.2) is 5.82 Å². The van der Waals surface area contributed by atoms with Crippen LogP contribution >= 0.6 is 11.6 Å². The van der Waals surface area contributed by atoms with Crippen molar-refractivity contribution in [3.05, 3.63) is 95.3 Å². The Morgan fingerprint density at radius 3 is 2.36 bits per heavy atom. The van der Waals surface area contributed by atoms with Gasteiger partial charge in [0.05, 0.1) is 5.69 Å². The van der Waals surface area contributed by atoms with Crippen molar-refractivity contribution in [3.8, 4) is 17.1 Å². The fourth-order valence-electron chi connectivity index (χ4n) is 2.87. The molecule has 0 saturated carbocycles. The predicted octanol–water partition coefficient (Wildman–Crippen LogP) is 5.15. The second kappa shape index (κ2) is 7.66. The minimum absolute atomic E-state index is 0.0853. The van der Waals surface area contributed by atoms with Gasteiger partial charge in [-0.25, -0.2) is 9.67 Å². The van der Waals surface area contributed by atoms with Crippen LogP contribution in [0.4, 0.5) is 5.69 Å². The van der Waals surface area contributed by atoms with Crippen molar-refractivity contribution in [2.45, 2.75) is 6.92 Å². The summed E-state index contributed by atoms with van der Waals surface area (Å²) in [7, 11) is 0. The fraction of sp³-hybridized carbons (Fsp3) is 0.0455. The van der Waals surface area contributed by atoms with Crippen molar-refractivity contribution in [1.82, 2.24) is 14.8 Å². The summed E-state index contributed by atoms with van der Waals surface area (Å²) in [5, 5.41) is 7.90. The molecule has 0 spiro atoms. The van der Waals surface area contributed by atoms with Gasteiger partial charge >= 0.3 is 0 Å². The number of hydrogen-bond donors (Lipinski definition) is 1. The van der Waals surface area contributed by atoms with Crippen LogP contribution in [0.3, 0.4) is 0 Å². The first-order chi connectivity index (χ1) is 13.6. The largest absolute Gasteiger partial charge is 0.319 e. The van der Waals surface area contributed by atoms with Crippen LogP contribution in [0.2, 0.25) is 5.02 Å². The van der Waals surface area contributed by atoms with E-state index in [2.05, 4.69) is 15.4 Å². The molecule has 0 atom stereocenters. The molecule has 0 bridgehead atoms. The average molecular weight is 389 g/mol. The highest BCUT2D eigenvalue weighted by Gasteiger charge is 2.20. The molecule has 4 rings (SSSR count). The van der Waals surface area contributed by atoms with Gasteiger partial charge in [-0.1, -0.05) is 66.2 Å². The third-order valence-corrected chi connectivity index (χ3v) is 4.51. The number of amides is 1. The Labute approximate surface area is 167 Å². The molecule has 0 aliphatic heterocycles. The molecular formula is C22H17ClN4O. The van der Waals surface area contributed by atoms with Crippen LogP contribution in [-0.4, -0.2) is 20.7 Å². The summed E-state index contributed by atoms with van der Waals surface area (Å²) >= 11 is 6.20. The highest BCUT2D eigenvalue weighted by molar-refractivity contribution is 6.30. The number of nitrogens with zero attached hydrogens (tertiary/aromatic N) is 3. The predicted molar refractivity (Wildman–Crippen MR) is 111 cm³/mol. The molecule has 1 amide bonds. The van der Waals surface area contributed by atoms with Crippen LogP contribution in [0.5, 0.6) is 0 Å². The standard InChI is InChI=1S/C22H17ClN4O/c1-15-12-13-17(23)14-19(15)27-21(16-8-4-2-5-9-16)25-20(26-27)22(28)24-18-10-6-3-7-11-18/h2-14H,1H3,(H,24,28). The molecule has 4 aromatic rings. The molecule has 0 aliphatic carbocycles. The van der Waals surface area contributed by atoms with Crippen LogP contribution in [0.1, 0.15) is 16.2 Å². The number of carbonyl (C=O) groups is 1. The Bertz CT molecular complexity index is 1120. The van der Waals surface area contributed by atoms with Crippen LogP contribution in [0.15, 0.2) is 78.9 Å². The lowest BCUT2D eigenvalue weighted by atomic mass is 10.2. The highest BCUT2D eigenvalue weighted by atomic mass is 35.5. The van der Waals surface area contributed by atoms with E-state index in [1.807, 2.05) is 85.8 Å². The molecule has 1 aromatic heterocycles. The van der Waals surface area contributed by atoms with E-state index in [1.165, 1.54) is 0 Å². The Morgan fingerprint density at radius 1 is 0.964 bits per heavy atom. The molecular weight excluding hydrogens is 372 g/mol. The number of benzene rings is 3. The zero-order valence-corrected chi connectivity index (χ0v) is 15.9. The molecule has 138 valence electrons. The highest BCUT2D eigenvalue weighted by Crippen LogP contribution is 2.25. The molecule has 0 unspecified atom stereocenters. The lowest BCUT2D eigenvalue weighted by Crippen LogP contribution is -2.14. The number of carbonyl (C=O) groups excluding carboxylic acids is 1. The number of halogens is 1.